The molecular formula is C19H26N6O2S. The molecule has 2 heterocycles. The van der Waals surface area contributed by atoms with Crippen LogP contribution >= 0.6 is 11.8 Å². The van der Waals surface area contributed by atoms with Gasteiger partial charge >= 0.3 is 0 Å². The summed E-state index contributed by atoms with van der Waals surface area (Å²) in [7, 11) is 1.64. The fourth-order valence-corrected chi connectivity index (χ4v) is 3.68. The molecule has 0 spiro atoms. The number of nitrogens with one attached hydrogen (secondary N) is 1. The molecule has 0 atom stereocenters. The summed E-state index contributed by atoms with van der Waals surface area (Å²) >= 11 is 1.36. The molecule has 8 nitrogen and oxygen atoms in total. The minimum absolute atomic E-state index is 0.0360. The highest BCUT2D eigenvalue weighted by molar-refractivity contribution is 7.99. The lowest BCUT2D eigenvalue weighted by Crippen LogP contribution is -2.46. The first-order valence-electron chi connectivity index (χ1n) is 9.27. The number of thioether (sulfide) groups is 1. The lowest BCUT2D eigenvalue weighted by Gasteiger charge is -2.23. The molecule has 0 aliphatic heterocycles. The van der Waals surface area contributed by atoms with Gasteiger partial charge in [0.1, 0.15) is 0 Å². The molecule has 1 aliphatic carbocycles. The maximum atomic E-state index is 12.5. The Hall–Kier alpha value is -2.42. The van der Waals surface area contributed by atoms with Crippen LogP contribution in [0.15, 0.2) is 29.7 Å². The van der Waals surface area contributed by atoms with E-state index in [0.29, 0.717) is 6.04 Å². The third-order valence-corrected chi connectivity index (χ3v) is 5.09. The number of aromatic nitrogens is 4. The number of amides is 2. The summed E-state index contributed by atoms with van der Waals surface area (Å²) in [5.41, 5.74) is 0.642. The van der Waals surface area contributed by atoms with Crippen LogP contribution in [0, 0.1) is 0 Å². The number of hydrogen-bond donors (Lipinski definition) is 1. The number of pyridine rings is 1. The van der Waals surface area contributed by atoms with Crippen molar-refractivity contribution in [2.75, 3.05) is 19.3 Å². The summed E-state index contributed by atoms with van der Waals surface area (Å²) in [6, 6.07) is 4.19. The van der Waals surface area contributed by atoms with Gasteiger partial charge in [0.05, 0.1) is 12.3 Å². The van der Waals surface area contributed by atoms with Crippen LogP contribution in [-0.4, -0.2) is 61.3 Å². The molecule has 28 heavy (non-hydrogen) atoms. The molecule has 2 aromatic rings. The van der Waals surface area contributed by atoms with Crippen molar-refractivity contribution in [3.8, 4) is 11.4 Å². The average Bonchev–Trinajstić information content (AvgIpc) is 3.37. The van der Waals surface area contributed by atoms with E-state index < -0.39 is 0 Å². The number of rotatable bonds is 7. The Kier molecular flexibility index (Phi) is 6.02. The Morgan fingerprint density at radius 1 is 1.25 bits per heavy atom. The Morgan fingerprint density at radius 2 is 1.93 bits per heavy atom. The smallest absolute Gasteiger partial charge is 0.240 e. The van der Waals surface area contributed by atoms with Crippen molar-refractivity contribution in [2.45, 2.75) is 50.4 Å². The Morgan fingerprint density at radius 3 is 2.54 bits per heavy atom. The van der Waals surface area contributed by atoms with Crippen LogP contribution in [0.25, 0.3) is 11.4 Å². The van der Waals surface area contributed by atoms with E-state index in [0.717, 1.165) is 29.4 Å². The van der Waals surface area contributed by atoms with Crippen molar-refractivity contribution in [1.82, 2.24) is 30.0 Å². The van der Waals surface area contributed by atoms with E-state index in [1.54, 1.807) is 19.4 Å². The van der Waals surface area contributed by atoms with E-state index >= 15 is 0 Å². The van der Waals surface area contributed by atoms with Crippen molar-refractivity contribution >= 4 is 23.6 Å². The van der Waals surface area contributed by atoms with Gasteiger partial charge in [-0.2, -0.15) is 0 Å². The molecule has 2 amide bonds. The maximum Gasteiger partial charge on any atom is 0.240 e. The zero-order chi connectivity index (χ0) is 20.3. The van der Waals surface area contributed by atoms with Crippen LogP contribution < -0.4 is 5.32 Å². The minimum atomic E-state index is -0.320. The second kappa shape index (κ2) is 8.30. The van der Waals surface area contributed by atoms with Crippen LogP contribution in [0.2, 0.25) is 0 Å². The van der Waals surface area contributed by atoms with Gasteiger partial charge in [-0.3, -0.25) is 19.1 Å². The fraction of sp³-hybridized carbons (Fsp3) is 0.526. The van der Waals surface area contributed by atoms with Gasteiger partial charge in [-0.15, -0.1) is 10.2 Å². The SMILES string of the molecule is CN(CC(=O)NC(C)(C)C)C(=O)CSc1nnc(-c2ccncc2)n1C1CC1. The number of likely N-dealkylation sites (N-methyl/N-ethyl adjacent to an activating group) is 1. The topological polar surface area (TPSA) is 93.0 Å². The number of carbonyl (C=O) groups excluding carboxylic acids is 2. The van der Waals surface area contributed by atoms with E-state index in [9.17, 15) is 9.59 Å². The highest BCUT2D eigenvalue weighted by Gasteiger charge is 2.30. The van der Waals surface area contributed by atoms with Crippen molar-refractivity contribution in [3.63, 3.8) is 0 Å². The fourth-order valence-electron chi connectivity index (χ4n) is 2.73. The highest BCUT2D eigenvalue weighted by atomic mass is 32.2. The van der Waals surface area contributed by atoms with Crippen molar-refractivity contribution < 1.29 is 9.59 Å². The Balaban J connectivity index is 1.62. The predicted molar refractivity (Wildman–Crippen MR) is 108 cm³/mol. The third-order valence-electron chi connectivity index (χ3n) is 4.16. The molecule has 150 valence electrons. The van der Waals surface area contributed by atoms with Crippen LogP contribution in [0.5, 0.6) is 0 Å². The first-order valence-corrected chi connectivity index (χ1v) is 10.3. The summed E-state index contributed by atoms with van der Waals surface area (Å²) in [4.78, 5) is 30.0. The molecule has 2 aromatic heterocycles. The molecule has 3 rings (SSSR count). The highest BCUT2D eigenvalue weighted by Crippen LogP contribution is 2.40. The zero-order valence-electron chi connectivity index (χ0n) is 16.7. The first kappa shape index (κ1) is 20.3. The predicted octanol–water partition coefficient (Wildman–Crippen LogP) is 2.14. The molecule has 1 fully saturated rings. The molecular weight excluding hydrogens is 376 g/mol. The lowest BCUT2D eigenvalue weighted by molar-refractivity contribution is -0.133. The van der Waals surface area contributed by atoms with Gasteiger partial charge in [0.2, 0.25) is 11.8 Å². The lowest BCUT2D eigenvalue weighted by atomic mass is 10.1. The number of carbonyl (C=O) groups is 2. The standard InChI is InChI=1S/C19H26N6O2S/c1-19(2,3)21-15(26)11-24(4)16(27)12-28-18-23-22-17(25(18)14-5-6-14)13-7-9-20-10-8-13/h7-10,14H,5-6,11-12H2,1-4H3,(H,21,26). The first-order chi connectivity index (χ1) is 13.2. The maximum absolute atomic E-state index is 12.5. The van der Waals surface area contributed by atoms with Gasteiger partial charge in [0.25, 0.3) is 0 Å². The van der Waals surface area contributed by atoms with Crippen LogP contribution in [0.1, 0.15) is 39.7 Å². The average molecular weight is 403 g/mol. The summed E-state index contributed by atoms with van der Waals surface area (Å²) in [5, 5.41) is 12.2. The largest absolute Gasteiger partial charge is 0.350 e. The number of nitrogens with zero attached hydrogens (tertiary/aromatic N) is 5. The monoisotopic (exact) mass is 402 g/mol. The molecule has 1 aliphatic rings. The van der Waals surface area contributed by atoms with Crippen LogP contribution in [0.4, 0.5) is 0 Å². The van der Waals surface area contributed by atoms with E-state index in [-0.39, 0.29) is 29.7 Å². The van der Waals surface area contributed by atoms with Crippen molar-refractivity contribution in [1.29, 1.82) is 0 Å². The molecule has 1 saturated carbocycles. The van der Waals surface area contributed by atoms with Gasteiger partial charge in [0.15, 0.2) is 11.0 Å². The van der Waals surface area contributed by atoms with Gasteiger partial charge in [-0.1, -0.05) is 11.8 Å². The van der Waals surface area contributed by atoms with Crippen molar-refractivity contribution in [2.24, 2.45) is 0 Å². The Bertz CT molecular complexity index is 842. The summed E-state index contributed by atoms with van der Waals surface area (Å²) < 4.78 is 2.11. The van der Waals surface area contributed by atoms with Crippen LogP contribution in [-0.2, 0) is 9.59 Å². The van der Waals surface area contributed by atoms with E-state index in [2.05, 4.69) is 25.1 Å². The van der Waals surface area contributed by atoms with Gasteiger partial charge in [0, 0.05) is 36.6 Å². The van der Waals surface area contributed by atoms with Crippen molar-refractivity contribution in [3.05, 3.63) is 24.5 Å². The second-order valence-electron chi connectivity index (χ2n) is 7.98. The van der Waals surface area contributed by atoms with Gasteiger partial charge in [-0.25, -0.2) is 0 Å². The van der Waals surface area contributed by atoms with Gasteiger partial charge < -0.3 is 10.2 Å². The molecule has 1 N–H and O–H groups in total. The molecule has 0 radical (unpaired) electrons. The van der Waals surface area contributed by atoms with Gasteiger partial charge in [-0.05, 0) is 45.7 Å². The summed E-state index contributed by atoms with van der Waals surface area (Å²) in [6.45, 7) is 5.77. The minimum Gasteiger partial charge on any atom is -0.350 e. The third kappa shape index (κ3) is 5.31. The summed E-state index contributed by atoms with van der Waals surface area (Å²) in [6.07, 6.45) is 5.64. The zero-order valence-corrected chi connectivity index (χ0v) is 17.5. The normalized spacial score (nSPS) is 14.0. The summed E-state index contributed by atoms with van der Waals surface area (Å²) in [5.74, 6) is 0.720. The molecule has 0 saturated heterocycles. The van der Waals surface area contributed by atoms with Crippen LogP contribution in [0.3, 0.4) is 0 Å². The van der Waals surface area contributed by atoms with E-state index in [4.69, 9.17) is 0 Å². The molecule has 0 unspecified atom stereocenters. The van der Waals surface area contributed by atoms with E-state index in [1.807, 2.05) is 32.9 Å². The molecule has 9 heteroatoms. The number of hydrogen-bond acceptors (Lipinski definition) is 6. The molecule has 0 aromatic carbocycles. The quantitative estimate of drug-likeness (QED) is 0.713. The second-order valence-corrected chi connectivity index (χ2v) is 8.92. The van der Waals surface area contributed by atoms with E-state index in [1.165, 1.54) is 16.7 Å². The Labute approximate surface area is 169 Å². The molecule has 0 bridgehead atoms.